The van der Waals surface area contributed by atoms with Gasteiger partial charge in [-0.15, -0.1) is 0 Å². The zero-order chi connectivity index (χ0) is 14.2. The molecule has 0 fully saturated rings. The molecule has 0 aliphatic carbocycles. The van der Waals surface area contributed by atoms with Crippen molar-refractivity contribution in [3.8, 4) is 6.07 Å². The summed E-state index contributed by atoms with van der Waals surface area (Å²) in [6.07, 6.45) is 1.45. The molecule has 98 valence electrons. The SMILES string of the molecule is CC.CC(C)(C)CCC(=O)c1ccc(C#N)cc1. The molecule has 0 atom stereocenters. The van der Waals surface area contributed by atoms with Crippen molar-refractivity contribution in [3.63, 3.8) is 0 Å². The van der Waals surface area contributed by atoms with Crippen LogP contribution in [0.25, 0.3) is 0 Å². The lowest BCUT2D eigenvalue weighted by molar-refractivity contribution is 0.0966. The first kappa shape index (κ1) is 16.4. The highest BCUT2D eigenvalue weighted by Gasteiger charge is 2.13. The molecule has 1 aromatic carbocycles. The molecule has 0 bridgehead atoms. The third kappa shape index (κ3) is 6.20. The van der Waals surface area contributed by atoms with Crippen molar-refractivity contribution in [2.24, 2.45) is 5.41 Å². The van der Waals surface area contributed by atoms with E-state index in [0.717, 1.165) is 6.42 Å². The van der Waals surface area contributed by atoms with Crippen LogP contribution in [0.2, 0.25) is 0 Å². The largest absolute Gasteiger partial charge is 0.294 e. The molecule has 1 rings (SSSR count). The Bertz CT molecular complexity index is 404. The van der Waals surface area contributed by atoms with Gasteiger partial charge in [-0.1, -0.05) is 46.8 Å². The molecule has 0 saturated carbocycles. The fraction of sp³-hybridized carbons (Fsp3) is 0.500. The Kier molecular flexibility index (Phi) is 6.97. The minimum atomic E-state index is 0.152. The van der Waals surface area contributed by atoms with E-state index >= 15 is 0 Å². The Labute approximate surface area is 111 Å². The molecule has 0 amide bonds. The average molecular weight is 245 g/mol. The van der Waals surface area contributed by atoms with Gasteiger partial charge in [0.05, 0.1) is 11.6 Å². The summed E-state index contributed by atoms with van der Waals surface area (Å²) in [6, 6.07) is 8.86. The van der Waals surface area contributed by atoms with E-state index in [1.165, 1.54) is 0 Å². The van der Waals surface area contributed by atoms with Crippen molar-refractivity contribution in [2.75, 3.05) is 0 Å². The maximum absolute atomic E-state index is 11.8. The van der Waals surface area contributed by atoms with E-state index in [1.807, 2.05) is 19.9 Å². The topological polar surface area (TPSA) is 40.9 Å². The molecule has 0 saturated heterocycles. The number of Topliss-reactive ketones (excluding diaryl/α,β-unsaturated/α-hetero) is 1. The summed E-state index contributed by atoms with van der Waals surface area (Å²) in [5.41, 5.74) is 1.47. The Balaban J connectivity index is 0.00000137. The van der Waals surface area contributed by atoms with Crippen molar-refractivity contribution < 1.29 is 4.79 Å². The zero-order valence-corrected chi connectivity index (χ0v) is 12.1. The van der Waals surface area contributed by atoms with Crippen LogP contribution in [0.3, 0.4) is 0 Å². The summed E-state index contributed by atoms with van der Waals surface area (Å²) in [5.74, 6) is 0.152. The first-order valence-electron chi connectivity index (χ1n) is 6.46. The van der Waals surface area contributed by atoms with E-state index in [2.05, 4.69) is 20.8 Å². The van der Waals surface area contributed by atoms with Crippen LogP contribution < -0.4 is 0 Å². The number of hydrogen-bond donors (Lipinski definition) is 0. The maximum atomic E-state index is 11.8. The first-order valence-corrected chi connectivity index (χ1v) is 6.46. The molecular formula is C16H23NO. The van der Waals surface area contributed by atoms with E-state index in [9.17, 15) is 4.79 Å². The highest BCUT2D eigenvalue weighted by molar-refractivity contribution is 5.96. The molecule has 0 heterocycles. The van der Waals surface area contributed by atoms with Crippen molar-refractivity contribution in [1.82, 2.24) is 0 Å². The lowest BCUT2D eigenvalue weighted by atomic mass is 9.88. The van der Waals surface area contributed by atoms with Gasteiger partial charge in [0.1, 0.15) is 0 Å². The molecule has 18 heavy (non-hydrogen) atoms. The number of ketones is 1. The third-order valence-corrected chi connectivity index (χ3v) is 2.44. The summed E-state index contributed by atoms with van der Waals surface area (Å²) in [5, 5.41) is 8.64. The lowest BCUT2D eigenvalue weighted by Gasteiger charge is -2.16. The molecule has 2 heteroatoms. The molecule has 0 N–H and O–H groups in total. The van der Waals surface area contributed by atoms with Gasteiger partial charge in [-0.05, 0) is 24.0 Å². The molecule has 0 spiro atoms. The summed E-state index contributed by atoms with van der Waals surface area (Å²) in [6.45, 7) is 10.4. The van der Waals surface area contributed by atoms with Crippen LogP contribution in [0.15, 0.2) is 24.3 Å². The van der Waals surface area contributed by atoms with Crippen LogP contribution in [0.5, 0.6) is 0 Å². The van der Waals surface area contributed by atoms with Crippen molar-refractivity contribution in [2.45, 2.75) is 47.5 Å². The van der Waals surface area contributed by atoms with Gasteiger partial charge in [-0.3, -0.25) is 4.79 Å². The van der Waals surface area contributed by atoms with Crippen molar-refractivity contribution in [3.05, 3.63) is 35.4 Å². The van der Waals surface area contributed by atoms with Crippen LogP contribution in [-0.2, 0) is 0 Å². The highest BCUT2D eigenvalue weighted by atomic mass is 16.1. The maximum Gasteiger partial charge on any atom is 0.162 e. The average Bonchev–Trinajstić information content (AvgIpc) is 2.37. The normalized spacial score (nSPS) is 10.0. The minimum absolute atomic E-state index is 0.152. The Morgan fingerprint density at radius 1 is 1.17 bits per heavy atom. The van der Waals surface area contributed by atoms with Crippen molar-refractivity contribution >= 4 is 5.78 Å². The van der Waals surface area contributed by atoms with Gasteiger partial charge < -0.3 is 0 Å². The lowest BCUT2D eigenvalue weighted by Crippen LogP contribution is -2.09. The van der Waals surface area contributed by atoms with Crippen molar-refractivity contribution in [1.29, 1.82) is 5.26 Å². The van der Waals surface area contributed by atoms with E-state index in [-0.39, 0.29) is 11.2 Å². The molecule has 0 radical (unpaired) electrons. The monoisotopic (exact) mass is 245 g/mol. The number of carbonyl (C=O) groups excluding carboxylic acids is 1. The minimum Gasteiger partial charge on any atom is -0.294 e. The third-order valence-electron chi connectivity index (χ3n) is 2.44. The van der Waals surface area contributed by atoms with Crippen LogP contribution >= 0.6 is 0 Å². The fourth-order valence-electron chi connectivity index (χ4n) is 1.36. The molecule has 1 aromatic rings. The fourth-order valence-corrected chi connectivity index (χ4v) is 1.36. The van der Waals surface area contributed by atoms with E-state index in [4.69, 9.17) is 5.26 Å². The zero-order valence-electron chi connectivity index (χ0n) is 12.1. The summed E-state index contributed by atoms with van der Waals surface area (Å²) in [7, 11) is 0. The van der Waals surface area contributed by atoms with Gasteiger partial charge in [0.25, 0.3) is 0 Å². The molecule has 0 aliphatic rings. The van der Waals surface area contributed by atoms with Gasteiger partial charge in [0.2, 0.25) is 0 Å². The van der Waals surface area contributed by atoms with E-state index in [1.54, 1.807) is 24.3 Å². The number of rotatable bonds is 3. The number of carbonyl (C=O) groups is 1. The Morgan fingerprint density at radius 2 is 1.67 bits per heavy atom. The van der Waals surface area contributed by atoms with Crippen LogP contribution in [0, 0.1) is 16.7 Å². The summed E-state index contributed by atoms with van der Waals surface area (Å²) in [4.78, 5) is 11.8. The van der Waals surface area contributed by atoms with Crippen LogP contribution in [0.4, 0.5) is 0 Å². The van der Waals surface area contributed by atoms with Gasteiger partial charge >= 0.3 is 0 Å². The number of nitrogens with zero attached hydrogens (tertiary/aromatic N) is 1. The number of hydrogen-bond acceptors (Lipinski definition) is 2. The van der Waals surface area contributed by atoms with Crippen LogP contribution in [-0.4, -0.2) is 5.78 Å². The molecule has 2 nitrogen and oxygen atoms in total. The number of nitriles is 1. The molecular weight excluding hydrogens is 222 g/mol. The smallest absolute Gasteiger partial charge is 0.162 e. The van der Waals surface area contributed by atoms with Gasteiger partial charge in [-0.2, -0.15) is 5.26 Å². The Hall–Kier alpha value is -1.62. The first-order chi connectivity index (χ1) is 8.42. The van der Waals surface area contributed by atoms with E-state index < -0.39 is 0 Å². The standard InChI is InChI=1S/C14H17NO.C2H6/c1-14(2,3)9-8-13(16)12-6-4-11(10-15)5-7-12;1-2/h4-7H,8-9H2,1-3H3;1-2H3. The quantitative estimate of drug-likeness (QED) is 0.730. The predicted octanol–water partition coefficient (Wildman–Crippen LogP) is 4.59. The van der Waals surface area contributed by atoms with E-state index in [0.29, 0.717) is 17.5 Å². The summed E-state index contributed by atoms with van der Waals surface area (Å²) < 4.78 is 0. The molecule has 0 aromatic heterocycles. The second-order valence-electron chi connectivity index (χ2n) is 5.17. The highest BCUT2D eigenvalue weighted by Crippen LogP contribution is 2.22. The van der Waals surface area contributed by atoms with Gasteiger partial charge in [-0.25, -0.2) is 0 Å². The number of benzene rings is 1. The second kappa shape index (κ2) is 7.66. The molecule has 0 unspecified atom stereocenters. The van der Waals surface area contributed by atoms with Gasteiger partial charge in [0, 0.05) is 12.0 Å². The molecule has 0 aliphatic heterocycles. The predicted molar refractivity (Wildman–Crippen MR) is 75.5 cm³/mol. The summed E-state index contributed by atoms with van der Waals surface area (Å²) >= 11 is 0. The van der Waals surface area contributed by atoms with Crippen LogP contribution in [0.1, 0.15) is 63.4 Å². The Morgan fingerprint density at radius 3 is 2.06 bits per heavy atom. The second-order valence-corrected chi connectivity index (χ2v) is 5.17. The van der Waals surface area contributed by atoms with Gasteiger partial charge in [0.15, 0.2) is 5.78 Å².